The minimum atomic E-state index is -0.527. The van der Waals surface area contributed by atoms with Crippen LogP contribution in [-0.2, 0) is 9.59 Å². The molecule has 0 atom stereocenters. The van der Waals surface area contributed by atoms with Gasteiger partial charge in [-0.15, -0.1) is 11.8 Å². The minimum absolute atomic E-state index is 0.0373. The topological polar surface area (TPSA) is 49.4 Å². The molecule has 1 aliphatic carbocycles. The number of carbonyl (C=O) groups is 2. The summed E-state index contributed by atoms with van der Waals surface area (Å²) in [6.07, 6.45) is 5.74. The van der Waals surface area contributed by atoms with Crippen molar-refractivity contribution < 1.29 is 14.0 Å². The lowest BCUT2D eigenvalue weighted by molar-refractivity contribution is -0.129. The third-order valence-corrected chi connectivity index (χ3v) is 5.38. The van der Waals surface area contributed by atoms with Gasteiger partial charge in [0.05, 0.1) is 16.5 Å². The Morgan fingerprint density at radius 3 is 2.67 bits per heavy atom. The van der Waals surface area contributed by atoms with Crippen molar-refractivity contribution in [2.75, 3.05) is 23.9 Å². The van der Waals surface area contributed by atoms with Crippen molar-refractivity contribution in [3.8, 4) is 0 Å². The Labute approximate surface area is 151 Å². The standard InChI is InChI=1S/C17H22ClFN2O2S/c1-21(13-5-3-2-4-6-13)17(23)11-24-10-16(22)20-12-7-8-15(19)14(18)9-12/h7-9,13H,2-6,10-11H2,1H3,(H,20,22). The van der Waals surface area contributed by atoms with Gasteiger partial charge in [0.25, 0.3) is 0 Å². The molecular formula is C17H22ClFN2O2S. The van der Waals surface area contributed by atoms with E-state index >= 15 is 0 Å². The average molecular weight is 373 g/mol. The lowest BCUT2D eigenvalue weighted by Gasteiger charge is -2.31. The van der Waals surface area contributed by atoms with Crippen molar-refractivity contribution in [3.05, 3.63) is 29.0 Å². The van der Waals surface area contributed by atoms with Gasteiger partial charge in [-0.1, -0.05) is 30.9 Å². The van der Waals surface area contributed by atoms with E-state index in [0.717, 1.165) is 12.8 Å². The molecule has 1 aromatic carbocycles. The Morgan fingerprint density at radius 1 is 1.29 bits per heavy atom. The van der Waals surface area contributed by atoms with E-state index in [1.165, 1.54) is 49.2 Å². The minimum Gasteiger partial charge on any atom is -0.342 e. The normalized spacial score (nSPS) is 15.1. The lowest BCUT2D eigenvalue weighted by Crippen LogP contribution is -2.39. The average Bonchev–Trinajstić information content (AvgIpc) is 2.58. The van der Waals surface area contributed by atoms with Crippen LogP contribution >= 0.6 is 23.4 Å². The van der Waals surface area contributed by atoms with Crippen LogP contribution in [0, 0.1) is 5.82 Å². The number of amides is 2. The van der Waals surface area contributed by atoms with E-state index in [4.69, 9.17) is 11.6 Å². The van der Waals surface area contributed by atoms with Crippen LogP contribution in [0.5, 0.6) is 0 Å². The molecule has 4 nitrogen and oxygen atoms in total. The van der Waals surface area contributed by atoms with Crippen LogP contribution in [0.3, 0.4) is 0 Å². The Bertz CT molecular complexity index is 594. The van der Waals surface area contributed by atoms with Crippen LogP contribution in [0.15, 0.2) is 18.2 Å². The van der Waals surface area contributed by atoms with Crippen molar-refractivity contribution in [2.45, 2.75) is 38.1 Å². The Morgan fingerprint density at radius 2 is 2.00 bits per heavy atom. The highest BCUT2D eigenvalue weighted by Gasteiger charge is 2.21. The second kappa shape index (κ2) is 9.28. The summed E-state index contributed by atoms with van der Waals surface area (Å²) in [5.74, 6) is -0.259. The zero-order valence-electron chi connectivity index (χ0n) is 13.7. The fourth-order valence-electron chi connectivity index (χ4n) is 2.78. The molecule has 132 valence electrons. The van der Waals surface area contributed by atoms with Gasteiger partial charge in [-0.3, -0.25) is 9.59 Å². The Kier molecular flexibility index (Phi) is 7.37. The van der Waals surface area contributed by atoms with Crippen molar-refractivity contribution >= 4 is 40.9 Å². The fraction of sp³-hybridized carbons (Fsp3) is 0.529. The monoisotopic (exact) mass is 372 g/mol. The quantitative estimate of drug-likeness (QED) is 0.822. The molecular weight excluding hydrogens is 351 g/mol. The van der Waals surface area contributed by atoms with Crippen LogP contribution in [-0.4, -0.2) is 41.3 Å². The van der Waals surface area contributed by atoms with Crippen LogP contribution in [0.2, 0.25) is 5.02 Å². The summed E-state index contributed by atoms with van der Waals surface area (Å²) in [6, 6.07) is 4.35. The van der Waals surface area contributed by atoms with E-state index < -0.39 is 5.82 Å². The lowest BCUT2D eigenvalue weighted by atomic mass is 9.94. The summed E-state index contributed by atoms with van der Waals surface area (Å²) in [6.45, 7) is 0. The van der Waals surface area contributed by atoms with E-state index in [1.807, 2.05) is 11.9 Å². The number of nitrogens with one attached hydrogen (secondary N) is 1. The highest BCUT2D eigenvalue weighted by molar-refractivity contribution is 8.00. The van der Waals surface area contributed by atoms with Gasteiger partial charge in [-0.05, 0) is 31.0 Å². The first-order chi connectivity index (χ1) is 11.5. The molecule has 0 radical (unpaired) electrons. The molecule has 1 aromatic rings. The number of nitrogens with zero attached hydrogens (tertiary/aromatic N) is 1. The van der Waals surface area contributed by atoms with E-state index in [2.05, 4.69) is 5.32 Å². The fourth-order valence-corrected chi connectivity index (χ4v) is 3.69. The maximum atomic E-state index is 13.1. The predicted molar refractivity (Wildman–Crippen MR) is 97.0 cm³/mol. The SMILES string of the molecule is CN(C(=O)CSCC(=O)Nc1ccc(F)c(Cl)c1)C1CCCCC1. The first kappa shape index (κ1) is 19.1. The molecule has 2 amide bonds. The smallest absolute Gasteiger partial charge is 0.234 e. The summed E-state index contributed by atoms with van der Waals surface area (Å²) in [4.78, 5) is 25.9. The number of hydrogen-bond acceptors (Lipinski definition) is 3. The largest absolute Gasteiger partial charge is 0.342 e. The van der Waals surface area contributed by atoms with Gasteiger partial charge in [-0.2, -0.15) is 0 Å². The van der Waals surface area contributed by atoms with Crippen molar-refractivity contribution in [3.63, 3.8) is 0 Å². The van der Waals surface area contributed by atoms with Gasteiger partial charge >= 0.3 is 0 Å². The zero-order valence-corrected chi connectivity index (χ0v) is 15.3. The van der Waals surface area contributed by atoms with E-state index in [0.29, 0.717) is 11.7 Å². The highest BCUT2D eigenvalue weighted by Crippen LogP contribution is 2.22. The molecule has 0 bridgehead atoms. The van der Waals surface area contributed by atoms with Crippen molar-refractivity contribution in [2.24, 2.45) is 0 Å². The predicted octanol–water partition coefficient (Wildman–Crippen LogP) is 3.94. The summed E-state index contributed by atoms with van der Waals surface area (Å²) >= 11 is 6.95. The molecule has 0 saturated heterocycles. The molecule has 2 rings (SSSR count). The molecule has 1 fully saturated rings. The van der Waals surface area contributed by atoms with Gasteiger partial charge in [0.1, 0.15) is 5.82 Å². The molecule has 7 heteroatoms. The molecule has 1 saturated carbocycles. The highest BCUT2D eigenvalue weighted by atomic mass is 35.5. The maximum absolute atomic E-state index is 13.1. The number of anilines is 1. The Balaban J connectivity index is 1.71. The molecule has 0 aliphatic heterocycles. The van der Waals surface area contributed by atoms with Crippen molar-refractivity contribution in [1.82, 2.24) is 4.90 Å². The van der Waals surface area contributed by atoms with E-state index in [1.54, 1.807) is 0 Å². The van der Waals surface area contributed by atoms with E-state index in [9.17, 15) is 14.0 Å². The second-order valence-corrected chi connectivity index (χ2v) is 7.36. The summed E-state index contributed by atoms with van der Waals surface area (Å²) in [5, 5.41) is 2.60. The van der Waals surface area contributed by atoms with Crippen LogP contribution in [0.4, 0.5) is 10.1 Å². The molecule has 0 unspecified atom stereocenters. The third kappa shape index (κ3) is 5.67. The first-order valence-electron chi connectivity index (χ1n) is 8.05. The maximum Gasteiger partial charge on any atom is 0.234 e. The molecule has 0 spiro atoms. The van der Waals surface area contributed by atoms with Gasteiger partial charge in [-0.25, -0.2) is 4.39 Å². The number of rotatable bonds is 6. The Hall–Kier alpha value is -1.27. The van der Waals surface area contributed by atoms with Crippen LogP contribution in [0.25, 0.3) is 0 Å². The zero-order chi connectivity index (χ0) is 17.5. The van der Waals surface area contributed by atoms with Crippen molar-refractivity contribution in [1.29, 1.82) is 0 Å². The van der Waals surface area contributed by atoms with Gasteiger partial charge in [0, 0.05) is 18.8 Å². The number of thioether (sulfide) groups is 1. The van der Waals surface area contributed by atoms with Gasteiger partial charge < -0.3 is 10.2 Å². The summed E-state index contributed by atoms with van der Waals surface area (Å²) in [5.41, 5.74) is 0.442. The van der Waals surface area contributed by atoms with E-state index in [-0.39, 0.29) is 28.3 Å². The molecule has 1 N–H and O–H groups in total. The number of benzene rings is 1. The second-order valence-electron chi connectivity index (χ2n) is 5.97. The van der Waals surface area contributed by atoms with Gasteiger partial charge in [0.2, 0.25) is 11.8 Å². The third-order valence-electron chi connectivity index (χ3n) is 4.18. The number of hydrogen-bond donors (Lipinski definition) is 1. The number of halogens is 2. The summed E-state index contributed by atoms with van der Waals surface area (Å²) in [7, 11) is 1.85. The summed E-state index contributed by atoms with van der Waals surface area (Å²) < 4.78 is 13.1. The van der Waals surface area contributed by atoms with Gasteiger partial charge in [0.15, 0.2) is 0 Å². The molecule has 24 heavy (non-hydrogen) atoms. The van der Waals surface area contributed by atoms with Crippen LogP contribution in [0.1, 0.15) is 32.1 Å². The molecule has 1 aliphatic rings. The first-order valence-corrected chi connectivity index (χ1v) is 9.59. The van der Waals surface area contributed by atoms with Crippen LogP contribution < -0.4 is 5.32 Å². The number of carbonyl (C=O) groups excluding carboxylic acids is 2. The molecule has 0 aromatic heterocycles. The molecule has 0 heterocycles.